The molecule has 0 saturated heterocycles. The van der Waals surface area contributed by atoms with E-state index in [-0.39, 0.29) is 12.3 Å². The van der Waals surface area contributed by atoms with Crippen molar-refractivity contribution in [2.45, 2.75) is 32.4 Å². The van der Waals surface area contributed by atoms with Crippen molar-refractivity contribution in [2.24, 2.45) is 0 Å². The SMILES string of the molecule is C[Si](C)(C)CCOCn1ncc(Cl)cc1=O. The van der Waals surface area contributed by atoms with E-state index in [9.17, 15) is 4.79 Å². The number of nitrogens with zero attached hydrogens (tertiary/aromatic N) is 2. The van der Waals surface area contributed by atoms with Crippen molar-refractivity contribution in [3.8, 4) is 0 Å². The fourth-order valence-electron chi connectivity index (χ4n) is 1.04. The largest absolute Gasteiger partial charge is 0.359 e. The van der Waals surface area contributed by atoms with E-state index in [2.05, 4.69) is 24.7 Å². The minimum absolute atomic E-state index is 0.195. The van der Waals surface area contributed by atoms with Crippen LogP contribution in [0.3, 0.4) is 0 Å². The molecule has 0 aliphatic heterocycles. The topological polar surface area (TPSA) is 44.1 Å². The quantitative estimate of drug-likeness (QED) is 0.602. The lowest BCUT2D eigenvalue weighted by atomic mass is 10.6. The van der Waals surface area contributed by atoms with E-state index in [4.69, 9.17) is 16.3 Å². The summed E-state index contributed by atoms with van der Waals surface area (Å²) in [5.41, 5.74) is -0.236. The van der Waals surface area contributed by atoms with Crippen LogP contribution in [0.2, 0.25) is 30.7 Å². The zero-order chi connectivity index (χ0) is 12.2. The molecule has 0 bridgehead atoms. The van der Waals surface area contributed by atoms with Gasteiger partial charge in [0, 0.05) is 20.7 Å². The zero-order valence-electron chi connectivity index (χ0n) is 9.86. The summed E-state index contributed by atoms with van der Waals surface area (Å²) >= 11 is 5.63. The van der Waals surface area contributed by atoms with Gasteiger partial charge in [-0.15, -0.1) is 0 Å². The third kappa shape index (κ3) is 4.91. The highest BCUT2D eigenvalue weighted by Gasteiger charge is 2.12. The Hall–Kier alpha value is -0.653. The van der Waals surface area contributed by atoms with Gasteiger partial charge in [0.2, 0.25) is 0 Å². The maximum Gasteiger partial charge on any atom is 0.270 e. The Balaban J connectivity index is 2.41. The van der Waals surface area contributed by atoms with Crippen molar-refractivity contribution < 1.29 is 4.74 Å². The van der Waals surface area contributed by atoms with E-state index >= 15 is 0 Å². The molecule has 16 heavy (non-hydrogen) atoms. The normalized spacial score (nSPS) is 11.8. The van der Waals surface area contributed by atoms with Crippen molar-refractivity contribution in [2.75, 3.05) is 6.61 Å². The first kappa shape index (κ1) is 13.4. The van der Waals surface area contributed by atoms with Crippen molar-refractivity contribution in [1.29, 1.82) is 0 Å². The molecule has 0 aliphatic rings. The van der Waals surface area contributed by atoms with Gasteiger partial charge in [-0.25, -0.2) is 4.68 Å². The lowest BCUT2D eigenvalue weighted by Crippen LogP contribution is -2.25. The Bertz CT molecular complexity index is 401. The number of hydrogen-bond donors (Lipinski definition) is 0. The van der Waals surface area contributed by atoms with Crippen LogP contribution in [0.5, 0.6) is 0 Å². The second kappa shape index (κ2) is 5.61. The molecule has 0 saturated carbocycles. The standard InChI is InChI=1S/C10H17ClN2O2Si/c1-16(2,3)5-4-15-8-13-10(14)6-9(11)7-12-13/h6-7H,4-5,8H2,1-3H3. The van der Waals surface area contributed by atoms with Crippen LogP contribution >= 0.6 is 11.6 Å². The van der Waals surface area contributed by atoms with Crippen LogP contribution in [0.25, 0.3) is 0 Å². The second-order valence-electron chi connectivity index (χ2n) is 4.86. The average Bonchev–Trinajstić information content (AvgIpc) is 2.13. The highest BCUT2D eigenvalue weighted by atomic mass is 35.5. The van der Waals surface area contributed by atoms with Crippen molar-refractivity contribution in [3.05, 3.63) is 27.6 Å². The monoisotopic (exact) mass is 260 g/mol. The molecule has 6 heteroatoms. The van der Waals surface area contributed by atoms with Crippen LogP contribution in [-0.4, -0.2) is 24.5 Å². The number of ether oxygens (including phenoxy) is 1. The van der Waals surface area contributed by atoms with Gasteiger partial charge in [0.05, 0.1) is 11.2 Å². The van der Waals surface area contributed by atoms with Crippen LogP contribution in [0.1, 0.15) is 0 Å². The number of hydrogen-bond acceptors (Lipinski definition) is 3. The van der Waals surface area contributed by atoms with Gasteiger partial charge in [0.25, 0.3) is 5.56 Å². The van der Waals surface area contributed by atoms with Crippen LogP contribution in [-0.2, 0) is 11.5 Å². The molecule has 0 N–H and O–H groups in total. The number of aromatic nitrogens is 2. The van der Waals surface area contributed by atoms with E-state index in [1.165, 1.54) is 16.9 Å². The molecule has 0 aliphatic carbocycles. The molecule has 0 atom stereocenters. The van der Waals surface area contributed by atoms with Gasteiger partial charge >= 0.3 is 0 Å². The molecule has 1 heterocycles. The van der Waals surface area contributed by atoms with Gasteiger partial charge in [-0.1, -0.05) is 31.2 Å². The van der Waals surface area contributed by atoms with Crippen LogP contribution in [0.4, 0.5) is 0 Å². The van der Waals surface area contributed by atoms with Gasteiger partial charge in [-0.05, 0) is 6.04 Å². The molecule has 0 radical (unpaired) electrons. The summed E-state index contributed by atoms with van der Waals surface area (Å²) in [5, 5.41) is 4.22. The molecule has 4 nitrogen and oxygen atoms in total. The van der Waals surface area contributed by atoms with Gasteiger partial charge in [0.1, 0.15) is 6.73 Å². The average molecular weight is 261 g/mol. The van der Waals surface area contributed by atoms with Gasteiger partial charge in [0.15, 0.2) is 0 Å². The van der Waals surface area contributed by atoms with E-state index in [0.717, 1.165) is 6.04 Å². The second-order valence-corrected chi connectivity index (χ2v) is 10.9. The Morgan fingerprint density at radius 1 is 1.50 bits per heavy atom. The highest BCUT2D eigenvalue weighted by molar-refractivity contribution is 6.76. The summed E-state index contributed by atoms with van der Waals surface area (Å²) < 4.78 is 6.67. The van der Waals surface area contributed by atoms with Crippen LogP contribution in [0, 0.1) is 0 Å². The molecule has 0 spiro atoms. The summed E-state index contributed by atoms with van der Waals surface area (Å²) in [6, 6.07) is 2.41. The Kier molecular flexibility index (Phi) is 4.70. The third-order valence-corrected chi connectivity index (χ3v) is 3.96. The van der Waals surface area contributed by atoms with E-state index in [0.29, 0.717) is 11.6 Å². The Morgan fingerprint density at radius 3 is 2.75 bits per heavy atom. The summed E-state index contributed by atoms with van der Waals surface area (Å²) in [5.74, 6) is 0. The Morgan fingerprint density at radius 2 is 2.19 bits per heavy atom. The van der Waals surface area contributed by atoms with Crippen molar-refractivity contribution in [3.63, 3.8) is 0 Å². The fourth-order valence-corrected chi connectivity index (χ4v) is 1.93. The number of halogens is 1. The third-order valence-electron chi connectivity index (χ3n) is 2.05. The van der Waals surface area contributed by atoms with E-state index < -0.39 is 8.07 Å². The minimum atomic E-state index is -1.07. The molecule has 1 aromatic heterocycles. The first-order chi connectivity index (χ1) is 7.38. The lowest BCUT2D eigenvalue weighted by molar-refractivity contribution is 0.0750. The molecule has 1 rings (SSSR count). The van der Waals surface area contributed by atoms with Crippen LogP contribution < -0.4 is 5.56 Å². The first-order valence-electron chi connectivity index (χ1n) is 5.19. The summed E-state index contributed by atoms with van der Waals surface area (Å²) in [6.07, 6.45) is 1.44. The molecule has 0 unspecified atom stereocenters. The lowest BCUT2D eigenvalue weighted by Gasteiger charge is -2.15. The van der Waals surface area contributed by atoms with Crippen molar-refractivity contribution >= 4 is 19.7 Å². The van der Waals surface area contributed by atoms with Gasteiger partial charge in [-0.3, -0.25) is 4.79 Å². The summed E-state index contributed by atoms with van der Waals surface area (Å²) in [7, 11) is -1.07. The number of rotatable bonds is 5. The highest BCUT2D eigenvalue weighted by Crippen LogP contribution is 2.07. The van der Waals surface area contributed by atoms with Crippen LogP contribution in [0.15, 0.2) is 17.1 Å². The maximum atomic E-state index is 11.4. The molecule has 0 aromatic carbocycles. The molecule has 90 valence electrons. The molecule has 0 amide bonds. The molecular formula is C10H17ClN2O2Si. The Labute approximate surface area is 101 Å². The molecular weight excluding hydrogens is 244 g/mol. The minimum Gasteiger partial charge on any atom is -0.359 e. The predicted octanol–water partition coefficient (Wildman–Crippen LogP) is 2.21. The fraction of sp³-hybridized carbons (Fsp3) is 0.600. The predicted molar refractivity (Wildman–Crippen MR) is 67.6 cm³/mol. The first-order valence-corrected chi connectivity index (χ1v) is 9.27. The van der Waals surface area contributed by atoms with E-state index in [1.54, 1.807) is 0 Å². The molecule has 1 aromatic rings. The van der Waals surface area contributed by atoms with Gasteiger partial charge in [-0.2, -0.15) is 5.10 Å². The molecule has 0 fully saturated rings. The van der Waals surface area contributed by atoms with Gasteiger partial charge < -0.3 is 4.74 Å². The summed E-state index contributed by atoms with van der Waals surface area (Å²) in [4.78, 5) is 11.4. The smallest absolute Gasteiger partial charge is 0.270 e. The van der Waals surface area contributed by atoms with E-state index in [1.807, 2.05) is 0 Å². The zero-order valence-corrected chi connectivity index (χ0v) is 11.6. The summed E-state index contributed by atoms with van der Waals surface area (Å²) in [6.45, 7) is 7.71. The maximum absolute atomic E-state index is 11.4. The van der Waals surface area contributed by atoms with Crippen molar-refractivity contribution in [1.82, 2.24) is 9.78 Å².